The van der Waals surface area contributed by atoms with Gasteiger partial charge >= 0.3 is 6.03 Å². The summed E-state index contributed by atoms with van der Waals surface area (Å²) in [7, 11) is -1.31. The molecule has 0 bridgehead atoms. The molecule has 0 radical (unpaired) electrons. The van der Waals surface area contributed by atoms with Gasteiger partial charge in [0, 0.05) is 19.6 Å². The summed E-state index contributed by atoms with van der Waals surface area (Å²) in [6.07, 6.45) is 0.527. The van der Waals surface area contributed by atoms with Gasteiger partial charge < -0.3 is 10.2 Å². The van der Waals surface area contributed by atoms with Gasteiger partial charge in [-0.3, -0.25) is 0 Å². The van der Waals surface area contributed by atoms with Crippen LogP contribution in [-0.4, -0.2) is 50.5 Å². The van der Waals surface area contributed by atoms with Crippen LogP contribution >= 0.6 is 0 Å². The van der Waals surface area contributed by atoms with Crippen LogP contribution in [-0.2, 0) is 9.84 Å². The van der Waals surface area contributed by atoms with Crippen molar-refractivity contribution in [3.05, 3.63) is 35.4 Å². The van der Waals surface area contributed by atoms with Crippen LogP contribution in [0.5, 0.6) is 0 Å². The van der Waals surface area contributed by atoms with E-state index in [0.29, 0.717) is 13.0 Å². The highest BCUT2D eigenvalue weighted by molar-refractivity contribution is 7.91. The van der Waals surface area contributed by atoms with Gasteiger partial charge in [-0.1, -0.05) is 36.8 Å². The predicted octanol–water partition coefficient (Wildman–Crippen LogP) is 1.93. The normalized spacial score (nSPS) is 21.3. The molecule has 0 unspecified atom stereocenters. The highest BCUT2D eigenvalue weighted by Gasteiger charge is 2.32. The SMILES string of the molecule is Cc1cccc([C@@H](C)CNC(=O)N(C)[C@H]2CCS(=O)(=O)C2)c1. The van der Waals surface area contributed by atoms with Gasteiger partial charge in [0.1, 0.15) is 0 Å². The number of rotatable bonds is 4. The molecule has 1 aliphatic heterocycles. The van der Waals surface area contributed by atoms with Crippen molar-refractivity contribution in [3.8, 4) is 0 Å². The largest absolute Gasteiger partial charge is 0.337 e. The lowest BCUT2D eigenvalue weighted by Crippen LogP contribution is -2.45. The van der Waals surface area contributed by atoms with Gasteiger partial charge in [0.15, 0.2) is 9.84 Å². The van der Waals surface area contributed by atoms with Gasteiger partial charge in [-0.2, -0.15) is 0 Å². The molecule has 0 aromatic heterocycles. The summed E-state index contributed by atoms with van der Waals surface area (Å²) in [5.41, 5.74) is 2.38. The highest BCUT2D eigenvalue weighted by atomic mass is 32.2. The van der Waals surface area contributed by atoms with E-state index in [1.54, 1.807) is 7.05 Å². The Hall–Kier alpha value is -1.56. The van der Waals surface area contributed by atoms with Crippen molar-refractivity contribution in [2.45, 2.75) is 32.2 Å². The number of hydrogen-bond acceptors (Lipinski definition) is 3. The standard InChI is InChI=1S/C16H24N2O3S/c1-12-5-4-6-14(9-12)13(2)10-17-16(19)18(3)15-7-8-22(20,21)11-15/h4-6,9,13,15H,7-8,10-11H2,1-3H3,(H,17,19)/t13-,15-/m0/s1. The lowest BCUT2D eigenvalue weighted by atomic mass is 9.99. The number of benzene rings is 1. The van der Waals surface area contributed by atoms with Crippen LogP contribution < -0.4 is 5.32 Å². The predicted molar refractivity (Wildman–Crippen MR) is 87.8 cm³/mol. The monoisotopic (exact) mass is 324 g/mol. The van der Waals surface area contributed by atoms with E-state index in [1.807, 2.05) is 19.1 Å². The average Bonchev–Trinajstić information content (AvgIpc) is 2.83. The van der Waals surface area contributed by atoms with Gasteiger partial charge in [-0.25, -0.2) is 13.2 Å². The third-order valence-corrected chi connectivity index (χ3v) is 6.00. The maximum Gasteiger partial charge on any atom is 0.317 e. The molecule has 0 spiro atoms. The van der Waals surface area contributed by atoms with Gasteiger partial charge in [0.25, 0.3) is 0 Å². The molecule has 1 aromatic rings. The smallest absolute Gasteiger partial charge is 0.317 e. The second-order valence-electron chi connectivity index (χ2n) is 6.17. The Morgan fingerprint density at radius 2 is 2.18 bits per heavy atom. The van der Waals surface area contributed by atoms with E-state index < -0.39 is 9.84 Å². The number of amides is 2. The molecule has 0 saturated carbocycles. The van der Waals surface area contributed by atoms with E-state index in [9.17, 15) is 13.2 Å². The summed E-state index contributed by atoms with van der Waals surface area (Å²) >= 11 is 0. The van der Waals surface area contributed by atoms with Crippen molar-refractivity contribution in [1.82, 2.24) is 10.2 Å². The van der Waals surface area contributed by atoms with Crippen LogP contribution in [0.3, 0.4) is 0 Å². The van der Waals surface area contributed by atoms with Crippen molar-refractivity contribution in [2.75, 3.05) is 25.1 Å². The zero-order chi connectivity index (χ0) is 16.3. The number of nitrogens with one attached hydrogen (secondary N) is 1. The summed E-state index contributed by atoms with van der Waals surface area (Å²) < 4.78 is 23.0. The van der Waals surface area contributed by atoms with Gasteiger partial charge in [-0.15, -0.1) is 0 Å². The second-order valence-corrected chi connectivity index (χ2v) is 8.40. The zero-order valence-corrected chi connectivity index (χ0v) is 14.2. The summed E-state index contributed by atoms with van der Waals surface area (Å²) in [6.45, 7) is 4.64. The van der Waals surface area contributed by atoms with Crippen molar-refractivity contribution >= 4 is 15.9 Å². The fraction of sp³-hybridized carbons (Fsp3) is 0.562. The van der Waals surface area contributed by atoms with Crippen molar-refractivity contribution < 1.29 is 13.2 Å². The molecular weight excluding hydrogens is 300 g/mol. The number of carbonyl (C=O) groups excluding carboxylic acids is 1. The minimum absolute atomic E-state index is 0.0738. The summed E-state index contributed by atoms with van der Waals surface area (Å²) in [5.74, 6) is 0.462. The molecule has 2 amide bonds. The van der Waals surface area contributed by atoms with Crippen LogP contribution in [0.25, 0.3) is 0 Å². The molecule has 1 N–H and O–H groups in total. The second kappa shape index (κ2) is 6.69. The molecule has 5 nitrogen and oxygen atoms in total. The van der Waals surface area contributed by atoms with Crippen molar-refractivity contribution in [2.24, 2.45) is 0 Å². The van der Waals surface area contributed by atoms with Crippen LogP contribution in [0.2, 0.25) is 0 Å². The average molecular weight is 324 g/mol. The van der Waals surface area contributed by atoms with Crippen molar-refractivity contribution in [1.29, 1.82) is 0 Å². The first-order valence-electron chi connectivity index (χ1n) is 7.56. The van der Waals surface area contributed by atoms with Gasteiger partial charge in [-0.05, 0) is 24.8 Å². The molecule has 22 heavy (non-hydrogen) atoms. The molecule has 1 aliphatic rings. The lowest BCUT2D eigenvalue weighted by Gasteiger charge is -2.24. The Morgan fingerprint density at radius 3 is 2.77 bits per heavy atom. The van der Waals surface area contributed by atoms with Crippen LogP contribution in [0.4, 0.5) is 4.79 Å². The summed E-state index contributed by atoms with van der Waals surface area (Å²) in [4.78, 5) is 13.7. The molecule has 1 fully saturated rings. The highest BCUT2D eigenvalue weighted by Crippen LogP contribution is 2.18. The van der Waals surface area contributed by atoms with Crippen LogP contribution in [0, 0.1) is 6.92 Å². The quantitative estimate of drug-likeness (QED) is 0.920. The van der Waals surface area contributed by atoms with Gasteiger partial charge in [0.2, 0.25) is 0 Å². The van der Waals surface area contributed by atoms with E-state index in [1.165, 1.54) is 16.0 Å². The van der Waals surface area contributed by atoms with E-state index >= 15 is 0 Å². The number of hydrogen-bond donors (Lipinski definition) is 1. The molecular formula is C16H24N2O3S. The molecule has 2 rings (SSSR count). The topological polar surface area (TPSA) is 66.5 Å². The van der Waals surface area contributed by atoms with Crippen molar-refractivity contribution in [3.63, 3.8) is 0 Å². The number of nitrogens with zero attached hydrogens (tertiary/aromatic N) is 1. The van der Waals surface area contributed by atoms with Gasteiger partial charge in [0.05, 0.1) is 11.5 Å². The third-order valence-electron chi connectivity index (χ3n) is 4.25. The number of urea groups is 1. The Morgan fingerprint density at radius 1 is 1.45 bits per heavy atom. The Balaban J connectivity index is 1.87. The van der Waals surface area contributed by atoms with E-state index in [-0.39, 0.29) is 29.5 Å². The molecule has 0 aliphatic carbocycles. The van der Waals surface area contributed by atoms with Crippen LogP contribution in [0.15, 0.2) is 24.3 Å². The number of aryl methyl sites for hydroxylation is 1. The molecule has 2 atom stereocenters. The molecule has 1 saturated heterocycles. The Labute approximate surface area is 132 Å². The molecule has 122 valence electrons. The first-order chi connectivity index (χ1) is 10.3. The molecule has 6 heteroatoms. The fourth-order valence-electron chi connectivity index (χ4n) is 2.71. The summed E-state index contributed by atoms with van der Waals surface area (Å²) in [5, 5.41) is 2.90. The van der Waals surface area contributed by atoms with E-state index in [2.05, 4.69) is 24.4 Å². The maximum atomic E-state index is 12.2. The lowest BCUT2D eigenvalue weighted by molar-refractivity contribution is 0.194. The minimum atomic E-state index is -2.97. The van der Waals surface area contributed by atoms with E-state index in [0.717, 1.165) is 0 Å². The summed E-state index contributed by atoms with van der Waals surface area (Å²) in [6, 6.07) is 7.81. The third kappa shape index (κ3) is 4.22. The number of sulfone groups is 1. The maximum absolute atomic E-state index is 12.2. The number of carbonyl (C=O) groups is 1. The Kier molecular flexibility index (Phi) is 5.11. The van der Waals surface area contributed by atoms with E-state index in [4.69, 9.17) is 0 Å². The first-order valence-corrected chi connectivity index (χ1v) is 9.38. The molecule has 1 aromatic carbocycles. The Bertz CT molecular complexity index is 643. The first kappa shape index (κ1) is 16.8. The molecule has 1 heterocycles. The minimum Gasteiger partial charge on any atom is -0.337 e. The van der Waals surface area contributed by atoms with Crippen LogP contribution in [0.1, 0.15) is 30.4 Å². The zero-order valence-electron chi connectivity index (χ0n) is 13.4. The fourth-order valence-corrected chi connectivity index (χ4v) is 4.48.